The van der Waals surface area contributed by atoms with Crippen molar-refractivity contribution in [2.45, 2.75) is 6.92 Å². The fourth-order valence-electron chi connectivity index (χ4n) is 1.76. The number of hydrogen-bond donors (Lipinski definition) is 1. The van der Waals surface area contributed by atoms with E-state index in [2.05, 4.69) is 15.3 Å². The standard InChI is InChI=1S/C12H10F2N4O2/c1-2-15-12-11(18(19)20)10(16-6-17-12)9-7(13)4-3-5-8(9)14/h3-6H,2H2,1H3,(H,15,16,17). The van der Waals surface area contributed by atoms with Crippen molar-refractivity contribution < 1.29 is 13.7 Å². The van der Waals surface area contributed by atoms with Crippen molar-refractivity contribution in [3.63, 3.8) is 0 Å². The summed E-state index contributed by atoms with van der Waals surface area (Å²) in [4.78, 5) is 17.8. The summed E-state index contributed by atoms with van der Waals surface area (Å²) in [5, 5.41) is 13.8. The van der Waals surface area contributed by atoms with Crippen molar-refractivity contribution in [1.82, 2.24) is 9.97 Å². The first kappa shape index (κ1) is 13.8. The zero-order valence-corrected chi connectivity index (χ0v) is 10.4. The lowest BCUT2D eigenvalue weighted by atomic mass is 10.1. The molecule has 0 spiro atoms. The van der Waals surface area contributed by atoms with Crippen molar-refractivity contribution in [3.8, 4) is 11.3 Å². The molecule has 0 amide bonds. The van der Waals surface area contributed by atoms with Crippen molar-refractivity contribution in [2.75, 3.05) is 11.9 Å². The lowest BCUT2D eigenvalue weighted by molar-refractivity contribution is -0.383. The van der Waals surface area contributed by atoms with E-state index in [1.165, 1.54) is 6.07 Å². The summed E-state index contributed by atoms with van der Waals surface area (Å²) in [5.74, 6) is -1.92. The summed E-state index contributed by atoms with van der Waals surface area (Å²) in [5.41, 5.74) is -1.49. The van der Waals surface area contributed by atoms with Gasteiger partial charge in [0, 0.05) is 6.54 Å². The maximum absolute atomic E-state index is 13.8. The Hall–Kier alpha value is -2.64. The SMILES string of the molecule is CCNc1ncnc(-c2c(F)cccc2F)c1[N+](=O)[O-]. The summed E-state index contributed by atoms with van der Waals surface area (Å²) in [7, 11) is 0. The van der Waals surface area contributed by atoms with Gasteiger partial charge in [0.2, 0.25) is 5.82 Å². The Morgan fingerprint density at radius 3 is 2.50 bits per heavy atom. The predicted molar refractivity (Wildman–Crippen MR) is 68.2 cm³/mol. The van der Waals surface area contributed by atoms with Crippen LogP contribution in [-0.2, 0) is 0 Å². The van der Waals surface area contributed by atoms with Crippen LogP contribution in [0, 0.1) is 21.7 Å². The molecule has 1 heterocycles. The molecular weight excluding hydrogens is 270 g/mol. The first-order valence-electron chi connectivity index (χ1n) is 5.74. The second-order valence-electron chi connectivity index (χ2n) is 3.80. The van der Waals surface area contributed by atoms with E-state index in [1.54, 1.807) is 6.92 Å². The molecule has 0 aliphatic heterocycles. The molecule has 1 aromatic carbocycles. The first-order chi connectivity index (χ1) is 9.56. The zero-order chi connectivity index (χ0) is 14.7. The van der Waals surface area contributed by atoms with Crippen LogP contribution in [0.3, 0.4) is 0 Å². The van der Waals surface area contributed by atoms with E-state index in [4.69, 9.17) is 0 Å². The van der Waals surface area contributed by atoms with Gasteiger partial charge in [-0.05, 0) is 19.1 Å². The van der Waals surface area contributed by atoms with Crippen molar-refractivity contribution in [3.05, 3.63) is 46.3 Å². The number of benzene rings is 1. The second-order valence-corrected chi connectivity index (χ2v) is 3.80. The molecule has 1 aromatic heterocycles. The van der Waals surface area contributed by atoms with E-state index in [0.717, 1.165) is 18.5 Å². The summed E-state index contributed by atoms with van der Waals surface area (Å²) in [6.07, 6.45) is 1.02. The number of nitrogens with one attached hydrogen (secondary N) is 1. The maximum atomic E-state index is 13.8. The zero-order valence-electron chi connectivity index (χ0n) is 10.4. The Kier molecular flexibility index (Phi) is 3.83. The van der Waals surface area contributed by atoms with Gasteiger partial charge in [0.15, 0.2) is 5.69 Å². The van der Waals surface area contributed by atoms with E-state index in [0.29, 0.717) is 6.54 Å². The van der Waals surface area contributed by atoms with Crippen molar-refractivity contribution in [2.24, 2.45) is 0 Å². The van der Waals surface area contributed by atoms with Gasteiger partial charge in [0.25, 0.3) is 0 Å². The van der Waals surface area contributed by atoms with Gasteiger partial charge in [-0.1, -0.05) is 6.07 Å². The molecule has 0 aliphatic carbocycles. The van der Waals surface area contributed by atoms with E-state index in [-0.39, 0.29) is 5.82 Å². The van der Waals surface area contributed by atoms with Crippen molar-refractivity contribution in [1.29, 1.82) is 0 Å². The Labute approximate surface area is 112 Å². The van der Waals surface area contributed by atoms with Crippen LogP contribution in [0.2, 0.25) is 0 Å². The molecule has 0 unspecified atom stereocenters. The first-order valence-corrected chi connectivity index (χ1v) is 5.74. The number of nitrogens with zero attached hydrogens (tertiary/aromatic N) is 3. The van der Waals surface area contributed by atoms with Crippen LogP contribution >= 0.6 is 0 Å². The average molecular weight is 280 g/mol. The van der Waals surface area contributed by atoms with Gasteiger partial charge in [0.1, 0.15) is 18.0 Å². The molecule has 8 heteroatoms. The molecule has 0 radical (unpaired) electrons. The van der Waals surface area contributed by atoms with Gasteiger partial charge < -0.3 is 5.32 Å². The van der Waals surface area contributed by atoms with Crippen LogP contribution in [0.1, 0.15) is 6.92 Å². The molecule has 0 fully saturated rings. The summed E-state index contributed by atoms with van der Waals surface area (Å²) < 4.78 is 27.5. The Morgan fingerprint density at radius 1 is 1.30 bits per heavy atom. The van der Waals surface area contributed by atoms with E-state index in [1.807, 2.05) is 0 Å². The highest BCUT2D eigenvalue weighted by Gasteiger charge is 2.27. The van der Waals surface area contributed by atoms with Crippen LogP contribution in [0.5, 0.6) is 0 Å². The Morgan fingerprint density at radius 2 is 1.95 bits per heavy atom. The molecule has 0 saturated carbocycles. The molecule has 0 bridgehead atoms. The summed E-state index contributed by atoms with van der Waals surface area (Å²) >= 11 is 0. The van der Waals surface area contributed by atoms with E-state index >= 15 is 0 Å². The minimum atomic E-state index is -0.922. The number of aromatic nitrogens is 2. The van der Waals surface area contributed by atoms with Gasteiger partial charge in [-0.15, -0.1) is 0 Å². The minimum absolute atomic E-state index is 0.0786. The third kappa shape index (κ3) is 2.40. The van der Waals surface area contributed by atoms with Crippen LogP contribution in [0.4, 0.5) is 20.3 Å². The molecular formula is C12H10F2N4O2. The van der Waals surface area contributed by atoms with Crippen molar-refractivity contribution >= 4 is 11.5 Å². The number of nitro groups is 1. The highest BCUT2D eigenvalue weighted by Crippen LogP contribution is 2.35. The average Bonchev–Trinajstić information content (AvgIpc) is 2.38. The number of anilines is 1. The third-order valence-electron chi connectivity index (χ3n) is 2.55. The lowest BCUT2D eigenvalue weighted by Gasteiger charge is -2.08. The van der Waals surface area contributed by atoms with E-state index < -0.39 is 33.5 Å². The molecule has 2 rings (SSSR count). The highest BCUT2D eigenvalue weighted by molar-refractivity contribution is 5.77. The summed E-state index contributed by atoms with van der Waals surface area (Å²) in [6.45, 7) is 2.09. The molecule has 20 heavy (non-hydrogen) atoms. The molecule has 1 N–H and O–H groups in total. The molecule has 2 aromatic rings. The Balaban J connectivity index is 2.74. The number of halogens is 2. The number of hydrogen-bond acceptors (Lipinski definition) is 5. The fraction of sp³-hybridized carbons (Fsp3) is 0.167. The lowest BCUT2D eigenvalue weighted by Crippen LogP contribution is -2.07. The van der Waals surface area contributed by atoms with Crippen LogP contribution in [0.15, 0.2) is 24.5 Å². The monoisotopic (exact) mass is 280 g/mol. The van der Waals surface area contributed by atoms with Gasteiger partial charge in [-0.3, -0.25) is 10.1 Å². The normalized spacial score (nSPS) is 10.3. The molecule has 0 saturated heterocycles. The Bertz CT molecular complexity index is 644. The third-order valence-corrected chi connectivity index (χ3v) is 2.55. The second kappa shape index (κ2) is 5.55. The predicted octanol–water partition coefficient (Wildman–Crippen LogP) is 2.76. The fourth-order valence-corrected chi connectivity index (χ4v) is 1.76. The highest BCUT2D eigenvalue weighted by atomic mass is 19.1. The smallest absolute Gasteiger partial charge is 0.337 e. The summed E-state index contributed by atoms with van der Waals surface area (Å²) in [6, 6.07) is 3.20. The maximum Gasteiger partial charge on any atom is 0.337 e. The van der Waals surface area contributed by atoms with Gasteiger partial charge in [0.05, 0.1) is 10.5 Å². The van der Waals surface area contributed by atoms with Gasteiger partial charge in [-0.25, -0.2) is 18.7 Å². The largest absolute Gasteiger partial charge is 0.365 e. The van der Waals surface area contributed by atoms with Gasteiger partial charge in [-0.2, -0.15) is 0 Å². The van der Waals surface area contributed by atoms with Crippen LogP contribution < -0.4 is 5.32 Å². The van der Waals surface area contributed by atoms with Crippen LogP contribution in [0.25, 0.3) is 11.3 Å². The molecule has 6 nitrogen and oxygen atoms in total. The van der Waals surface area contributed by atoms with Gasteiger partial charge >= 0.3 is 5.69 Å². The minimum Gasteiger partial charge on any atom is -0.365 e. The quantitative estimate of drug-likeness (QED) is 0.688. The van der Waals surface area contributed by atoms with Crippen LogP contribution in [-0.4, -0.2) is 21.4 Å². The van der Waals surface area contributed by atoms with E-state index in [9.17, 15) is 18.9 Å². The molecule has 0 atom stereocenters. The number of rotatable bonds is 4. The molecule has 104 valence electrons. The topological polar surface area (TPSA) is 81.0 Å². The molecule has 0 aliphatic rings.